The molecule has 1 N–H and O–H groups in total. The number of rotatable bonds is 3. The summed E-state index contributed by atoms with van der Waals surface area (Å²) < 4.78 is 37.5. The number of carbonyl (C=O) groups is 3. The highest BCUT2D eigenvalue weighted by atomic mass is 19.2. The van der Waals surface area contributed by atoms with Gasteiger partial charge >= 0.3 is 5.97 Å². The van der Waals surface area contributed by atoms with Crippen molar-refractivity contribution in [2.75, 3.05) is 6.61 Å². The fourth-order valence-corrected chi connectivity index (χ4v) is 7.46. The molecule has 5 nitrogen and oxygen atoms in total. The molecule has 0 bridgehead atoms. The molecule has 0 aromatic rings. The van der Waals surface area contributed by atoms with E-state index in [0.29, 0.717) is 12.0 Å². The van der Waals surface area contributed by atoms with Crippen LogP contribution in [0.3, 0.4) is 0 Å². The number of esters is 1. The van der Waals surface area contributed by atoms with Crippen LogP contribution in [0, 0.1) is 34.5 Å². The Morgan fingerprint density at radius 2 is 2.00 bits per heavy atom. The van der Waals surface area contributed by atoms with Crippen molar-refractivity contribution in [3.05, 3.63) is 23.8 Å². The van der Waals surface area contributed by atoms with Crippen LogP contribution in [0.2, 0.25) is 0 Å². The molecule has 0 aliphatic heterocycles. The summed E-state index contributed by atoms with van der Waals surface area (Å²) in [6.45, 7) is 6.20. The van der Waals surface area contributed by atoms with Crippen molar-refractivity contribution in [2.45, 2.75) is 64.9 Å². The number of hydrogen-bond acceptors (Lipinski definition) is 5. The molecule has 4 rings (SSSR count). The molecule has 0 spiro atoms. The lowest BCUT2D eigenvalue weighted by atomic mass is 9.44. The van der Waals surface area contributed by atoms with E-state index in [1.54, 1.807) is 6.92 Å². The summed E-state index contributed by atoms with van der Waals surface area (Å²) in [5.74, 6) is -3.41. The van der Waals surface area contributed by atoms with Crippen molar-refractivity contribution in [3.63, 3.8) is 0 Å². The first-order valence-electron chi connectivity index (χ1n) is 11.0. The van der Waals surface area contributed by atoms with Crippen LogP contribution in [-0.2, 0) is 19.1 Å². The van der Waals surface area contributed by atoms with E-state index in [2.05, 4.69) is 0 Å². The molecule has 0 aromatic carbocycles. The number of Topliss-reactive ketones (excluding diaryl/α,β-unsaturated/α-hetero) is 1. The Kier molecular flexibility index (Phi) is 5.08. The second-order valence-electron chi connectivity index (χ2n) is 10.4. The fourth-order valence-electron chi connectivity index (χ4n) is 7.46. The summed E-state index contributed by atoms with van der Waals surface area (Å²) in [6.07, 6.45) is 1.39. The van der Waals surface area contributed by atoms with Gasteiger partial charge in [-0.2, -0.15) is 0 Å². The number of ether oxygens (including phenoxy) is 1. The van der Waals surface area contributed by atoms with Crippen molar-refractivity contribution in [2.24, 2.45) is 34.5 Å². The Labute approximate surface area is 180 Å². The highest BCUT2D eigenvalue weighted by Gasteiger charge is 2.74. The number of hydrogen-bond donors (Lipinski definition) is 1. The van der Waals surface area contributed by atoms with E-state index >= 15 is 8.78 Å². The van der Waals surface area contributed by atoms with E-state index in [-0.39, 0.29) is 36.9 Å². The van der Waals surface area contributed by atoms with E-state index in [1.807, 2.05) is 13.8 Å². The molecule has 31 heavy (non-hydrogen) atoms. The van der Waals surface area contributed by atoms with Crippen LogP contribution in [0.15, 0.2) is 23.8 Å². The first-order chi connectivity index (χ1) is 14.4. The average molecular weight is 436 g/mol. The lowest BCUT2D eigenvalue weighted by molar-refractivity contribution is -0.212. The predicted molar refractivity (Wildman–Crippen MR) is 108 cm³/mol. The van der Waals surface area contributed by atoms with Gasteiger partial charge in [0.1, 0.15) is 12.8 Å². The van der Waals surface area contributed by atoms with Crippen LogP contribution >= 0.6 is 0 Å². The molecule has 0 saturated heterocycles. The van der Waals surface area contributed by atoms with Gasteiger partial charge in [0.05, 0.1) is 6.10 Å². The van der Waals surface area contributed by atoms with Crippen LogP contribution in [0.1, 0.15) is 47.0 Å². The molecule has 7 heteroatoms. The standard InChI is InChI=1S/C24H30F2O5/c1-12-7-16-21-17(25)9-14-8-15(28)5-6-23(14,4)24(21,26)19(30)10-22(16,3)20(12)18(29)11-31-13(2)27/h5-6,8,12,16-17,19-21,30H,7,9-11H2,1-4H3/t12-,16+,17-,19+,20-,21-,22+,23+,24-/m1/s1. The second kappa shape index (κ2) is 7.06. The summed E-state index contributed by atoms with van der Waals surface area (Å²) in [4.78, 5) is 36.0. The van der Waals surface area contributed by atoms with Crippen molar-refractivity contribution in [1.82, 2.24) is 0 Å². The van der Waals surface area contributed by atoms with Gasteiger partial charge in [0, 0.05) is 30.6 Å². The van der Waals surface area contributed by atoms with Gasteiger partial charge < -0.3 is 9.84 Å². The number of ketones is 2. The van der Waals surface area contributed by atoms with Gasteiger partial charge in [-0.15, -0.1) is 0 Å². The molecule has 3 saturated carbocycles. The molecule has 0 heterocycles. The number of alkyl halides is 2. The zero-order chi connectivity index (χ0) is 22.9. The molecule has 0 aromatic heterocycles. The highest BCUT2D eigenvalue weighted by Crippen LogP contribution is 2.70. The number of carbonyl (C=O) groups excluding carboxylic acids is 3. The van der Waals surface area contributed by atoms with Gasteiger partial charge in [0.25, 0.3) is 0 Å². The molecule has 0 amide bonds. The lowest BCUT2D eigenvalue weighted by Crippen LogP contribution is -2.69. The van der Waals surface area contributed by atoms with Gasteiger partial charge in [0.2, 0.25) is 0 Å². The Morgan fingerprint density at radius 3 is 2.65 bits per heavy atom. The van der Waals surface area contributed by atoms with E-state index in [0.717, 1.165) is 0 Å². The van der Waals surface area contributed by atoms with Crippen LogP contribution < -0.4 is 0 Å². The molecular formula is C24H30F2O5. The zero-order valence-electron chi connectivity index (χ0n) is 18.4. The first-order valence-corrected chi connectivity index (χ1v) is 11.0. The van der Waals surface area contributed by atoms with Crippen molar-refractivity contribution in [3.8, 4) is 0 Å². The van der Waals surface area contributed by atoms with Crippen LogP contribution in [0.4, 0.5) is 8.78 Å². The number of halogens is 2. The summed E-state index contributed by atoms with van der Waals surface area (Å²) >= 11 is 0. The predicted octanol–water partition coefficient (Wildman–Crippen LogP) is 3.30. The third-order valence-corrected chi connectivity index (χ3v) is 8.72. The smallest absolute Gasteiger partial charge is 0.303 e. The summed E-state index contributed by atoms with van der Waals surface area (Å²) in [5, 5.41) is 11.2. The maximum atomic E-state index is 17.0. The molecule has 0 radical (unpaired) electrons. The number of allylic oxidation sites excluding steroid dienone is 4. The summed E-state index contributed by atoms with van der Waals surface area (Å²) in [5.41, 5.74) is -4.00. The number of aliphatic hydroxyl groups excluding tert-OH is 1. The molecule has 170 valence electrons. The largest absolute Gasteiger partial charge is 0.458 e. The van der Waals surface area contributed by atoms with E-state index in [1.165, 1.54) is 25.2 Å². The number of fused-ring (bicyclic) bond motifs is 5. The molecule has 4 aliphatic rings. The second-order valence-corrected chi connectivity index (χ2v) is 10.4. The molecular weight excluding hydrogens is 406 g/mol. The average Bonchev–Trinajstić information content (AvgIpc) is 2.92. The maximum absolute atomic E-state index is 17.0. The molecule has 3 fully saturated rings. The van der Waals surface area contributed by atoms with E-state index in [4.69, 9.17) is 4.74 Å². The Bertz CT molecular complexity index is 896. The first kappa shape index (κ1) is 22.3. The van der Waals surface area contributed by atoms with Gasteiger partial charge in [-0.1, -0.05) is 25.5 Å². The summed E-state index contributed by atoms with van der Waals surface area (Å²) in [7, 11) is 0. The third-order valence-electron chi connectivity index (χ3n) is 8.72. The van der Waals surface area contributed by atoms with Gasteiger partial charge in [-0.05, 0) is 49.2 Å². The van der Waals surface area contributed by atoms with Crippen LogP contribution in [-0.4, -0.2) is 47.2 Å². The Hall–Kier alpha value is -1.89. The monoisotopic (exact) mass is 436 g/mol. The Balaban J connectivity index is 1.75. The van der Waals surface area contributed by atoms with Crippen LogP contribution in [0.25, 0.3) is 0 Å². The van der Waals surface area contributed by atoms with E-state index in [9.17, 15) is 19.5 Å². The minimum Gasteiger partial charge on any atom is -0.458 e. The quantitative estimate of drug-likeness (QED) is 0.687. The number of aliphatic hydroxyl groups is 1. The van der Waals surface area contributed by atoms with Crippen molar-refractivity contribution < 1.29 is 33.0 Å². The van der Waals surface area contributed by atoms with Gasteiger partial charge in [-0.25, -0.2) is 8.78 Å². The molecule has 0 unspecified atom stereocenters. The van der Waals surface area contributed by atoms with Crippen LogP contribution in [0.5, 0.6) is 0 Å². The maximum Gasteiger partial charge on any atom is 0.303 e. The van der Waals surface area contributed by atoms with E-state index < -0.39 is 52.5 Å². The molecule has 9 atom stereocenters. The third kappa shape index (κ3) is 2.91. The normalized spacial score (nSPS) is 48.4. The minimum atomic E-state index is -2.29. The zero-order valence-corrected chi connectivity index (χ0v) is 18.4. The topological polar surface area (TPSA) is 80.7 Å². The van der Waals surface area contributed by atoms with Crippen molar-refractivity contribution >= 4 is 17.5 Å². The fraction of sp³-hybridized carbons (Fsp3) is 0.708. The SMILES string of the molecule is CC(=O)OCC(=O)[C@H]1[C@H](C)C[C@H]2[C@@H]3[C@H](F)CC4=CC(=O)C=C[C@]4(C)[C@@]3(F)[C@@H](O)C[C@@]21C. The van der Waals surface area contributed by atoms with Gasteiger partial charge in [0.15, 0.2) is 17.2 Å². The van der Waals surface area contributed by atoms with Gasteiger partial charge in [-0.3, -0.25) is 14.4 Å². The highest BCUT2D eigenvalue weighted by molar-refractivity contribution is 6.01. The Morgan fingerprint density at radius 1 is 1.32 bits per heavy atom. The van der Waals surface area contributed by atoms with Crippen molar-refractivity contribution in [1.29, 1.82) is 0 Å². The minimum absolute atomic E-state index is 0.00284. The molecule has 4 aliphatic carbocycles. The summed E-state index contributed by atoms with van der Waals surface area (Å²) in [6, 6.07) is 0. The lowest BCUT2D eigenvalue weighted by Gasteiger charge is -2.62.